The van der Waals surface area contributed by atoms with Crippen molar-refractivity contribution in [2.24, 2.45) is 5.92 Å². The van der Waals surface area contributed by atoms with Crippen molar-refractivity contribution < 1.29 is 4.74 Å². The fraction of sp³-hybridized carbons (Fsp3) is 0.667. The van der Waals surface area contributed by atoms with E-state index in [1.807, 2.05) is 0 Å². The third-order valence-electron chi connectivity index (χ3n) is 4.27. The summed E-state index contributed by atoms with van der Waals surface area (Å²) in [6, 6.07) is 4.67. The minimum atomic E-state index is 0.122. The molecule has 112 valence electrons. The molecule has 1 aliphatic rings. The third-order valence-corrected chi connectivity index (χ3v) is 4.27. The lowest BCUT2D eigenvalue weighted by atomic mass is 9.82. The number of hydrogen-bond acceptors (Lipinski definition) is 2. The van der Waals surface area contributed by atoms with E-state index in [4.69, 9.17) is 4.74 Å². The molecular formula is C18H29NO. The minimum Gasteiger partial charge on any atom is -0.496 e. The summed E-state index contributed by atoms with van der Waals surface area (Å²) in [5.41, 5.74) is 4.18. The molecule has 1 heterocycles. The van der Waals surface area contributed by atoms with Gasteiger partial charge in [0.1, 0.15) is 5.75 Å². The molecule has 1 aliphatic heterocycles. The van der Waals surface area contributed by atoms with Crippen LogP contribution in [0.2, 0.25) is 0 Å². The largest absolute Gasteiger partial charge is 0.496 e. The summed E-state index contributed by atoms with van der Waals surface area (Å²) in [4.78, 5) is 0. The Morgan fingerprint density at radius 2 is 2.05 bits per heavy atom. The molecule has 0 radical (unpaired) electrons. The number of nitrogens with one attached hydrogen (secondary N) is 1. The molecule has 2 nitrogen and oxygen atoms in total. The Labute approximate surface area is 123 Å². The van der Waals surface area contributed by atoms with Gasteiger partial charge in [0.05, 0.1) is 7.11 Å². The quantitative estimate of drug-likeness (QED) is 0.905. The van der Waals surface area contributed by atoms with Gasteiger partial charge in [0.25, 0.3) is 0 Å². The van der Waals surface area contributed by atoms with Gasteiger partial charge in [0, 0.05) is 5.56 Å². The summed E-state index contributed by atoms with van der Waals surface area (Å²) in [5, 5.41) is 3.51. The van der Waals surface area contributed by atoms with Crippen LogP contribution >= 0.6 is 0 Å². The monoisotopic (exact) mass is 275 g/mol. The molecule has 2 rings (SSSR count). The van der Waals surface area contributed by atoms with E-state index in [-0.39, 0.29) is 5.41 Å². The molecule has 0 amide bonds. The van der Waals surface area contributed by atoms with Gasteiger partial charge in [-0.05, 0) is 61.7 Å². The van der Waals surface area contributed by atoms with Crippen LogP contribution in [0.1, 0.15) is 50.3 Å². The highest BCUT2D eigenvalue weighted by atomic mass is 16.5. The average molecular weight is 275 g/mol. The van der Waals surface area contributed by atoms with Gasteiger partial charge in [0.15, 0.2) is 0 Å². The first-order valence-electron chi connectivity index (χ1n) is 7.80. The van der Waals surface area contributed by atoms with Crippen LogP contribution in [-0.2, 0) is 11.8 Å². The maximum Gasteiger partial charge on any atom is 0.125 e. The summed E-state index contributed by atoms with van der Waals surface area (Å²) in [7, 11) is 1.78. The zero-order valence-electron chi connectivity index (χ0n) is 13.7. The number of piperidine rings is 1. The normalized spacial score (nSPS) is 19.9. The minimum absolute atomic E-state index is 0.122. The number of ether oxygens (including phenoxy) is 1. The van der Waals surface area contributed by atoms with Crippen LogP contribution in [0, 0.1) is 12.8 Å². The Kier molecular flexibility index (Phi) is 4.74. The van der Waals surface area contributed by atoms with Crippen molar-refractivity contribution in [3.63, 3.8) is 0 Å². The van der Waals surface area contributed by atoms with Crippen LogP contribution in [0.15, 0.2) is 12.1 Å². The molecule has 0 saturated carbocycles. The second kappa shape index (κ2) is 6.17. The van der Waals surface area contributed by atoms with Gasteiger partial charge in [0.2, 0.25) is 0 Å². The van der Waals surface area contributed by atoms with Gasteiger partial charge in [-0.25, -0.2) is 0 Å². The number of hydrogen-bond donors (Lipinski definition) is 1. The van der Waals surface area contributed by atoms with Crippen molar-refractivity contribution in [2.75, 3.05) is 20.2 Å². The first-order chi connectivity index (χ1) is 9.41. The topological polar surface area (TPSA) is 21.3 Å². The molecule has 0 aliphatic carbocycles. The van der Waals surface area contributed by atoms with E-state index in [0.29, 0.717) is 0 Å². The van der Waals surface area contributed by atoms with Crippen molar-refractivity contribution in [2.45, 2.75) is 52.4 Å². The first kappa shape index (κ1) is 15.4. The Bertz CT molecular complexity index is 453. The van der Waals surface area contributed by atoms with Crippen molar-refractivity contribution >= 4 is 0 Å². The van der Waals surface area contributed by atoms with Crippen molar-refractivity contribution in [3.8, 4) is 5.75 Å². The van der Waals surface area contributed by atoms with E-state index in [9.17, 15) is 0 Å². The standard InChI is InChI=1S/C18H29NO/c1-13-9-15(10-14-7-6-8-19-12-14)11-16(17(13)20-5)18(2,3)4/h9,11,14,19H,6-8,10,12H2,1-5H3. The predicted octanol–water partition coefficient (Wildman–Crippen LogP) is 3.84. The maximum atomic E-state index is 5.64. The average Bonchev–Trinajstić information content (AvgIpc) is 2.38. The lowest BCUT2D eigenvalue weighted by Crippen LogP contribution is -2.31. The van der Waals surface area contributed by atoms with E-state index in [0.717, 1.165) is 18.2 Å². The van der Waals surface area contributed by atoms with Gasteiger partial charge in [-0.15, -0.1) is 0 Å². The molecule has 1 N–H and O–H groups in total. The number of rotatable bonds is 3. The van der Waals surface area contributed by atoms with Gasteiger partial charge < -0.3 is 10.1 Å². The van der Waals surface area contributed by atoms with Crippen LogP contribution < -0.4 is 10.1 Å². The molecule has 20 heavy (non-hydrogen) atoms. The lowest BCUT2D eigenvalue weighted by molar-refractivity contribution is 0.374. The van der Waals surface area contributed by atoms with E-state index in [1.54, 1.807) is 7.11 Å². The number of benzene rings is 1. The molecule has 2 heteroatoms. The maximum absolute atomic E-state index is 5.64. The SMILES string of the molecule is COc1c(C)cc(CC2CCCNC2)cc1C(C)(C)C. The summed E-state index contributed by atoms with van der Waals surface area (Å²) in [6.07, 6.45) is 3.84. The van der Waals surface area contributed by atoms with E-state index >= 15 is 0 Å². The Morgan fingerprint density at radius 1 is 1.30 bits per heavy atom. The first-order valence-corrected chi connectivity index (χ1v) is 7.80. The highest BCUT2D eigenvalue weighted by Gasteiger charge is 2.22. The molecule has 1 atom stereocenters. The van der Waals surface area contributed by atoms with Gasteiger partial charge >= 0.3 is 0 Å². The van der Waals surface area contributed by atoms with Crippen molar-refractivity contribution in [1.82, 2.24) is 5.32 Å². The zero-order chi connectivity index (χ0) is 14.8. The molecular weight excluding hydrogens is 246 g/mol. The number of methoxy groups -OCH3 is 1. The summed E-state index contributed by atoms with van der Waals surface area (Å²) in [5.74, 6) is 1.84. The molecule has 0 aromatic heterocycles. The van der Waals surface area contributed by atoms with Crippen LogP contribution in [0.25, 0.3) is 0 Å². The van der Waals surface area contributed by atoms with Crippen LogP contribution in [0.4, 0.5) is 0 Å². The fourth-order valence-electron chi connectivity index (χ4n) is 3.23. The molecule has 0 bridgehead atoms. The smallest absolute Gasteiger partial charge is 0.125 e. The summed E-state index contributed by atoms with van der Waals surface area (Å²) >= 11 is 0. The molecule has 0 spiro atoms. The fourth-order valence-corrected chi connectivity index (χ4v) is 3.23. The van der Waals surface area contributed by atoms with Crippen LogP contribution in [0.5, 0.6) is 5.75 Å². The molecule has 1 aromatic carbocycles. The zero-order valence-corrected chi connectivity index (χ0v) is 13.7. The third kappa shape index (κ3) is 3.54. The highest BCUT2D eigenvalue weighted by Crippen LogP contribution is 2.35. The predicted molar refractivity (Wildman–Crippen MR) is 85.7 cm³/mol. The van der Waals surface area contributed by atoms with E-state index in [2.05, 4.69) is 45.1 Å². The highest BCUT2D eigenvalue weighted by molar-refractivity contribution is 5.47. The van der Waals surface area contributed by atoms with E-state index in [1.165, 1.54) is 42.5 Å². The second-order valence-electron chi connectivity index (χ2n) is 7.16. The van der Waals surface area contributed by atoms with Crippen molar-refractivity contribution in [3.05, 3.63) is 28.8 Å². The lowest BCUT2D eigenvalue weighted by Gasteiger charge is -2.27. The van der Waals surface area contributed by atoms with Crippen LogP contribution in [0.3, 0.4) is 0 Å². The second-order valence-corrected chi connectivity index (χ2v) is 7.16. The number of aryl methyl sites for hydroxylation is 1. The summed E-state index contributed by atoms with van der Waals surface area (Å²) < 4.78 is 5.64. The van der Waals surface area contributed by atoms with Crippen LogP contribution in [-0.4, -0.2) is 20.2 Å². The molecule has 1 saturated heterocycles. The Hall–Kier alpha value is -1.02. The molecule has 1 aromatic rings. The van der Waals surface area contributed by atoms with Gasteiger partial charge in [-0.2, -0.15) is 0 Å². The Morgan fingerprint density at radius 3 is 2.60 bits per heavy atom. The molecule has 1 fully saturated rings. The summed E-state index contributed by atoms with van der Waals surface area (Å²) in [6.45, 7) is 11.3. The van der Waals surface area contributed by atoms with Crippen molar-refractivity contribution in [1.29, 1.82) is 0 Å². The van der Waals surface area contributed by atoms with Gasteiger partial charge in [-0.3, -0.25) is 0 Å². The van der Waals surface area contributed by atoms with Gasteiger partial charge in [-0.1, -0.05) is 32.9 Å². The molecule has 1 unspecified atom stereocenters. The Balaban J connectivity index is 2.28. The van der Waals surface area contributed by atoms with E-state index < -0.39 is 0 Å².